The summed E-state index contributed by atoms with van der Waals surface area (Å²) in [5.41, 5.74) is 1.50. The maximum Gasteiger partial charge on any atom is 0.320 e. The van der Waals surface area contributed by atoms with Crippen LogP contribution in [0.3, 0.4) is 0 Å². The first-order valence-electron chi connectivity index (χ1n) is 5.98. The lowest BCUT2D eigenvalue weighted by molar-refractivity contribution is -0.146. The molecule has 0 bridgehead atoms. The van der Waals surface area contributed by atoms with Crippen LogP contribution in [0.5, 0.6) is 11.5 Å². The molecule has 0 fully saturated rings. The molecule has 0 N–H and O–H groups in total. The fourth-order valence-corrected chi connectivity index (χ4v) is 2.48. The van der Waals surface area contributed by atoms with Gasteiger partial charge in [-0.05, 0) is 18.1 Å². The summed E-state index contributed by atoms with van der Waals surface area (Å²) in [6.07, 6.45) is 0.846. The maximum atomic E-state index is 11.9. The number of hydrogen-bond donors (Lipinski definition) is 0. The zero-order valence-electron chi connectivity index (χ0n) is 11.2. The molecular weight excluding hydrogens is 248 g/mol. The zero-order valence-corrected chi connectivity index (χ0v) is 11.2. The number of hydrogen-bond acceptors (Lipinski definition) is 5. The molecule has 102 valence electrons. The summed E-state index contributed by atoms with van der Waals surface area (Å²) in [4.78, 5) is 23.7. The molecular formula is C14H16O5. The SMILES string of the molecule is COC(=O)[C@@H]1C(=O)CCc2c1ccc(OC)c2OC. The topological polar surface area (TPSA) is 61.8 Å². The van der Waals surface area contributed by atoms with E-state index in [1.807, 2.05) is 0 Å². The van der Waals surface area contributed by atoms with Crippen molar-refractivity contribution in [2.24, 2.45) is 0 Å². The second kappa shape index (κ2) is 5.30. The first-order valence-corrected chi connectivity index (χ1v) is 5.98. The van der Waals surface area contributed by atoms with E-state index in [4.69, 9.17) is 14.2 Å². The van der Waals surface area contributed by atoms with Crippen LogP contribution in [0.15, 0.2) is 12.1 Å². The summed E-state index contributed by atoms with van der Waals surface area (Å²) >= 11 is 0. The van der Waals surface area contributed by atoms with Gasteiger partial charge in [0.05, 0.1) is 21.3 Å². The number of carbonyl (C=O) groups is 2. The molecule has 0 saturated carbocycles. The number of fused-ring (bicyclic) bond motifs is 1. The Hall–Kier alpha value is -2.04. The summed E-state index contributed by atoms with van der Waals surface area (Å²) in [7, 11) is 4.38. The van der Waals surface area contributed by atoms with Crippen molar-refractivity contribution < 1.29 is 23.8 Å². The van der Waals surface area contributed by atoms with Crippen LogP contribution < -0.4 is 9.47 Å². The Bertz CT molecular complexity index is 521. The number of methoxy groups -OCH3 is 3. The van der Waals surface area contributed by atoms with Gasteiger partial charge in [-0.1, -0.05) is 6.07 Å². The Morgan fingerprint density at radius 3 is 2.47 bits per heavy atom. The standard InChI is InChI=1S/C14H16O5/c1-17-11-7-5-8-9(13(11)18-2)4-6-10(15)12(8)14(16)19-3/h5,7,12H,4,6H2,1-3H3/t12-/m0/s1. The Labute approximate surface area is 111 Å². The molecule has 0 unspecified atom stereocenters. The molecule has 19 heavy (non-hydrogen) atoms. The normalized spacial score (nSPS) is 17.6. The van der Waals surface area contributed by atoms with Crippen LogP contribution in [0.4, 0.5) is 0 Å². The number of ketones is 1. The van der Waals surface area contributed by atoms with E-state index in [1.54, 1.807) is 26.4 Å². The minimum absolute atomic E-state index is 0.119. The van der Waals surface area contributed by atoms with Crippen molar-refractivity contribution in [1.29, 1.82) is 0 Å². The number of rotatable bonds is 3. The van der Waals surface area contributed by atoms with Gasteiger partial charge in [0.1, 0.15) is 5.92 Å². The Balaban J connectivity index is 2.58. The van der Waals surface area contributed by atoms with Crippen molar-refractivity contribution >= 4 is 11.8 Å². The molecule has 1 aromatic rings. The first kappa shape index (κ1) is 13.4. The third kappa shape index (κ3) is 2.16. The van der Waals surface area contributed by atoms with Gasteiger partial charge in [-0.2, -0.15) is 0 Å². The van der Waals surface area contributed by atoms with Gasteiger partial charge in [0, 0.05) is 12.0 Å². The summed E-state index contributed by atoms with van der Waals surface area (Å²) in [5, 5.41) is 0. The third-order valence-electron chi connectivity index (χ3n) is 3.38. The monoisotopic (exact) mass is 264 g/mol. The molecule has 0 aromatic heterocycles. The van der Waals surface area contributed by atoms with Gasteiger partial charge in [-0.25, -0.2) is 0 Å². The van der Waals surface area contributed by atoms with Crippen LogP contribution in [0, 0.1) is 0 Å². The molecule has 5 heteroatoms. The molecule has 0 aliphatic heterocycles. The van der Waals surface area contributed by atoms with Gasteiger partial charge in [-0.3, -0.25) is 9.59 Å². The minimum atomic E-state index is -0.853. The van der Waals surface area contributed by atoms with Crippen molar-refractivity contribution in [3.05, 3.63) is 23.3 Å². The lowest BCUT2D eigenvalue weighted by Crippen LogP contribution is -2.28. The third-order valence-corrected chi connectivity index (χ3v) is 3.38. The zero-order chi connectivity index (χ0) is 14.0. The summed E-state index contributed by atoms with van der Waals surface area (Å²) < 4.78 is 15.3. The molecule has 0 spiro atoms. The lowest BCUT2D eigenvalue weighted by atomic mass is 9.81. The second-order valence-corrected chi connectivity index (χ2v) is 4.29. The summed E-state index contributed by atoms with van der Waals surface area (Å²) in [6.45, 7) is 0. The molecule has 0 saturated heterocycles. The highest BCUT2D eigenvalue weighted by Gasteiger charge is 2.36. The van der Waals surface area contributed by atoms with E-state index < -0.39 is 11.9 Å². The Morgan fingerprint density at radius 2 is 1.89 bits per heavy atom. The molecule has 1 aromatic carbocycles. The maximum absolute atomic E-state index is 11.9. The quantitative estimate of drug-likeness (QED) is 0.611. The Morgan fingerprint density at radius 1 is 1.16 bits per heavy atom. The lowest BCUT2D eigenvalue weighted by Gasteiger charge is -2.25. The number of Topliss-reactive ketones (excluding diaryl/α,β-unsaturated/α-hetero) is 1. The van der Waals surface area contributed by atoms with E-state index in [0.717, 1.165) is 5.56 Å². The molecule has 0 heterocycles. The smallest absolute Gasteiger partial charge is 0.320 e. The van der Waals surface area contributed by atoms with Crippen molar-refractivity contribution in [3.8, 4) is 11.5 Å². The van der Waals surface area contributed by atoms with Crippen molar-refractivity contribution in [1.82, 2.24) is 0 Å². The molecule has 2 rings (SSSR count). The molecule has 0 amide bonds. The van der Waals surface area contributed by atoms with Gasteiger partial charge in [0.2, 0.25) is 0 Å². The molecule has 1 aliphatic rings. The molecule has 1 aliphatic carbocycles. The predicted molar refractivity (Wildman–Crippen MR) is 67.6 cm³/mol. The number of benzene rings is 1. The largest absolute Gasteiger partial charge is 0.493 e. The second-order valence-electron chi connectivity index (χ2n) is 4.29. The van der Waals surface area contributed by atoms with Crippen LogP contribution in [0.2, 0.25) is 0 Å². The molecule has 1 atom stereocenters. The molecule has 5 nitrogen and oxygen atoms in total. The van der Waals surface area contributed by atoms with Crippen LogP contribution in [0.25, 0.3) is 0 Å². The summed E-state index contributed by atoms with van der Waals surface area (Å²) in [6, 6.07) is 3.43. The van der Waals surface area contributed by atoms with E-state index in [-0.39, 0.29) is 5.78 Å². The average molecular weight is 264 g/mol. The fraction of sp³-hybridized carbons (Fsp3) is 0.429. The van der Waals surface area contributed by atoms with Crippen molar-refractivity contribution in [2.45, 2.75) is 18.8 Å². The van der Waals surface area contributed by atoms with Gasteiger partial charge < -0.3 is 14.2 Å². The predicted octanol–water partition coefficient (Wildman–Crippen LogP) is 1.48. The van der Waals surface area contributed by atoms with Crippen LogP contribution in [-0.4, -0.2) is 33.1 Å². The van der Waals surface area contributed by atoms with E-state index in [2.05, 4.69) is 0 Å². The Kier molecular flexibility index (Phi) is 3.74. The van der Waals surface area contributed by atoms with E-state index >= 15 is 0 Å². The number of carbonyl (C=O) groups excluding carboxylic acids is 2. The van der Waals surface area contributed by atoms with E-state index in [0.29, 0.717) is 29.9 Å². The van der Waals surface area contributed by atoms with Gasteiger partial charge in [-0.15, -0.1) is 0 Å². The van der Waals surface area contributed by atoms with Crippen molar-refractivity contribution in [2.75, 3.05) is 21.3 Å². The fourth-order valence-electron chi connectivity index (χ4n) is 2.48. The minimum Gasteiger partial charge on any atom is -0.493 e. The highest BCUT2D eigenvalue weighted by Crippen LogP contribution is 2.40. The average Bonchev–Trinajstić information content (AvgIpc) is 2.44. The van der Waals surface area contributed by atoms with Crippen molar-refractivity contribution in [3.63, 3.8) is 0 Å². The van der Waals surface area contributed by atoms with E-state index in [1.165, 1.54) is 7.11 Å². The van der Waals surface area contributed by atoms with Crippen LogP contribution in [-0.2, 0) is 20.7 Å². The highest BCUT2D eigenvalue weighted by molar-refractivity contribution is 6.06. The first-order chi connectivity index (χ1) is 9.13. The number of esters is 1. The highest BCUT2D eigenvalue weighted by atomic mass is 16.5. The van der Waals surface area contributed by atoms with Crippen LogP contribution in [0.1, 0.15) is 23.5 Å². The van der Waals surface area contributed by atoms with Crippen LogP contribution >= 0.6 is 0 Å². The van der Waals surface area contributed by atoms with Gasteiger partial charge in [0.15, 0.2) is 17.3 Å². The van der Waals surface area contributed by atoms with E-state index in [9.17, 15) is 9.59 Å². The van der Waals surface area contributed by atoms with Gasteiger partial charge in [0.25, 0.3) is 0 Å². The number of ether oxygens (including phenoxy) is 3. The van der Waals surface area contributed by atoms with Gasteiger partial charge >= 0.3 is 5.97 Å². The molecule has 0 radical (unpaired) electrons. The summed E-state index contributed by atoms with van der Waals surface area (Å²) in [5.74, 6) is -0.320.